The first-order chi connectivity index (χ1) is 32.5. The number of nitrogens with one attached hydrogen (secondary N) is 2. The number of hydrogen-bond donors (Lipinski definition) is 8. The molecule has 2 amide bonds. The van der Waals surface area contributed by atoms with Crippen LogP contribution in [0.2, 0.25) is 0 Å². The van der Waals surface area contributed by atoms with Crippen molar-refractivity contribution < 1.29 is 74.5 Å². The molecule has 372 valence electrons. The topological polar surface area (TPSA) is 362 Å². The first-order valence-electron chi connectivity index (χ1n) is 21.7. The minimum atomic E-state index is -5.49. The lowest BCUT2D eigenvalue weighted by atomic mass is 9.88. The number of benzene rings is 2. The van der Waals surface area contributed by atoms with Crippen molar-refractivity contribution in [1.82, 2.24) is 34.7 Å². The number of aryl methyl sites for hydroxylation is 1. The Labute approximate surface area is 393 Å². The third-order valence-corrected chi connectivity index (χ3v) is 14.6. The number of amides is 2. The Kier molecular flexibility index (Phi) is 14.0. The molecule has 1 fully saturated rings. The standard InChI is InChI=1S/C40H50N10O16P2S/c1-4-48-11-5-7-22-13-25-29(15-27(22)48)63-30-16-28-24(14-26(30)47-25)23(19-69(59,60)61)17-40(2,3)50(28)12-6-8-32(51)42-9-10-43-39(53)65-35-31(18-62-68(57,58)66-67(54,55)56)64-38(34(35)52)49-21-46-33-36(41)44-20-45-37(33)49/h13-17,20-21,31,34-35,38,52H,4-12,18-19H2,1-3H3,(H7-,41,42,43,44,45,51,53,54,55,56,57,58,59,60,61)/p+1/t31-,34-,35-,38-/m1/s1. The summed E-state index contributed by atoms with van der Waals surface area (Å²) >= 11 is 0. The Morgan fingerprint density at radius 3 is 2.58 bits per heavy atom. The maximum Gasteiger partial charge on any atom is 0.481 e. The van der Waals surface area contributed by atoms with Crippen molar-refractivity contribution >= 4 is 71.7 Å². The van der Waals surface area contributed by atoms with Gasteiger partial charge in [-0.2, -0.15) is 12.7 Å². The average Bonchev–Trinajstić information content (AvgIpc) is 3.82. The van der Waals surface area contributed by atoms with Crippen LogP contribution in [0.4, 0.5) is 22.0 Å². The third-order valence-electron chi connectivity index (χ3n) is 11.8. The highest BCUT2D eigenvalue weighted by atomic mass is 32.2. The number of fused-ring (bicyclic) bond motifs is 5. The lowest BCUT2D eigenvalue weighted by Crippen LogP contribution is -2.46. The van der Waals surface area contributed by atoms with E-state index in [1.54, 1.807) is 18.2 Å². The number of nitrogens with two attached hydrogens (primary N) is 1. The predicted molar refractivity (Wildman–Crippen MR) is 243 cm³/mol. The molecule has 69 heavy (non-hydrogen) atoms. The van der Waals surface area contributed by atoms with E-state index in [0.29, 0.717) is 52.3 Å². The maximum absolute atomic E-state index is 13.1. The molecule has 0 spiro atoms. The van der Waals surface area contributed by atoms with E-state index >= 15 is 0 Å². The molecule has 26 nitrogen and oxygen atoms in total. The number of imidazole rings is 1. The summed E-state index contributed by atoms with van der Waals surface area (Å²) in [6.45, 7) is 6.81. The molecule has 1 unspecified atom stereocenters. The number of carbonyl (C=O) groups excluding carboxylic acids is 2. The van der Waals surface area contributed by atoms with E-state index in [1.807, 2.05) is 30.9 Å². The van der Waals surface area contributed by atoms with Gasteiger partial charge in [-0.15, -0.1) is 0 Å². The Hall–Kier alpha value is -5.44. The molecule has 0 radical (unpaired) electrons. The van der Waals surface area contributed by atoms with Gasteiger partial charge in [-0.25, -0.2) is 38.4 Å². The minimum Gasteiger partial charge on any atom is -0.452 e. The predicted octanol–water partition coefficient (Wildman–Crippen LogP) is 0.969. The summed E-state index contributed by atoms with van der Waals surface area (Å²) in [6, 6.07) is 7.60. The summed E-state index contributed by atoms with van der Waals surface area (Å²) < 4.78 is 87.6. The van der Waals surface area contributed by atoms with Crippen molar-refractivity contribution in [2.45, 2.75) is 76.5 Å². The Morgan fingerprint density at radius 2 is 1.84 bits per heavy atom. The van der Waals surface area contributed by atoms with Gasteiger partial charge in [0, 0.05) is 55.4 Å². The van der Waals surface area contributed by atoms with Gasteiger partial charge >= 0.3 is 21.7 Å². The van der Waals surface area contributed by atoms with Crippen molar-refractivity contribution in [2.24, 2.45) is 4.99 Å². The van der Waals surface area contributed by atoms with Crippen molar-refractivity contribution in [3.05, 3.63) is 64.8 Å². The smallest absolute Gasteiger partial charge is 0.452 e. The molecule has 29 heteroatoms. The molecule has 4 aromatic rings. The lowest BCUT2D eigenvalue weighted by Gasteiger charge is -2.44. The van der Waals surface area contributed by atoms with Gasteiger partial charge in [0.1, 0.15) is 53.9 Å². The summed E-state index contributed by atoms with van der Waals surface area (Å²) in [5, 5.41) is 18.2. The zero-order chi connectivity index (χ0) is 49.6. The number of carbonyl (C=O) groups is 2. The molecular weight excluding hydrogens is 971 g/mol. The highest BCUT2D eigenvalue weighted by Gasteiger charge is 2.49. The first kappa shape index (κ1) is 50.0. The van der Waals surface area contributed by atoms with E-state index in [0.717, 1.165) is 37.6 Å². The van der Waals surface area contributed by atoms with Gasteiger partial charge in [-0.05, 0) is 51.3 Å². The van der Waals surface area contributed by atoms with E-state index in [9.17, 15) is 41.7 Å². The number of alkyl carbamates (subject to hydrolysis) is 1. The van der Waals surface area contributed by atoms with Crippen molar-refractivity contribution in [3.63, 3.8) is 0 Å². The molecule has 2 aromatic carbocycles. The number of anilines is 2. The third kappa shape index (κ3) is 11.3. The number of aliphatic hydroxyl groups is 1. The minimum absolute atomic E-state index is 0.00320. The Balaban J connectivity index is 0.892. The number of nitrogen functional groups attached to an aromatic ring is 1. The van der Waals surface area contributed by atoms with Gasteiger partial charge < -0.3 is 55.3 Å². The van der Waals surface area contributed by atoms with Crippen LogP contribution >= 0.6 is 15.6 Å². The SMILES string of the molecule is CC[N+]1=c2cc3c(cc2CCC1)=Nc1cc2c(cc1O3)N(CCCC(=O)NCCNC(=O)O[C@H]1[C@@H](O)[C@H](n3cnc4c(N)ncnc43)O[C@@H]1COP(=O)(O)OP(=O)(O)O)C(C)(C)C=C2CS(=O)(=O)O. The van der Waals surface area contributed by atoms with Gasteiger partial charge in [0.05, 0.1) is 24.5 Å². The van der Waals surface area contributed by atoms with Crippen LogP contribution in [-0.4, -0.2) is 133 Å². The maximum atomic E-state index is 13.1. The van der Waals surface area contributed by atoms with Crippen LogP contribution in [0.15, 0.2) is 48.0 Å². The van der Waals surface area contributed by atoms with Crippen molar-refractivity contribution in [2.75, 3.05) is 55.7 Å². The fraction of sp³-hybridized carbons (Fsp3) is 0.475. The summed E-state index contributed by atoms with van der Waals surface area (Å²) in [5.74, 6) is 0.0798. The normalized spacial score (nSPS) is 21.4. The molecule has 1 saturated heterocycles. The zero-order valence-electron chi connectivity index (χ0n) is 37.4. The molecule has 8 rings (SSSR count). The van der Waals surface area contributed by atoms with Gasteiger partial charge in [-0.3, -0.25) is 18.4 Å². The van der Waals surface area contributed by atoms with Gasteiger partial charge in [0.15, 0.2) is 35.3 Å². The van der Waals surface area contributed by atoms with Crippen LogP contribution in [0.25, 0.3) is 16.7 Å². The van der Waals surface area contributed by atoms with Crippen LogP contribution < -0.4 is 41.3 Å². The van der Waals surface area contributed by atoms with E-state index in [1.165, 1.54) is 16.5 Å². The summed E-state index contributed by atoms with van der Waals surface area (Å²) in [5.41, 5.74) is 8.58. The second-order valence-corrected chi connectivity index (χ2v) is 21.4. The van der Waals surface area contributed by atoms with Crippen LogP contribution in [0.3, 0.4) is 0 Å². The van der Waals surface area contributed by atoms with Crippen LogP contribution in [0.5, 0.6) is 11.5 Å². The second kappa shape index (κ2) is 19.4. The van der Waals surface area contributed by atoms with Crippen molar-refractivity contribution in [3.8, 4) is 11.5 Å². The Bertz CT molecular complexity index is 3080. The number of aliphatic hydroxyl groups excluding tert-OH is 1. The molecule has 4 aliphatic heterocycles. The van der Waals surface area contributed by atoms with E-state index in [4.69, 9.17) is 39.2 Å². The molecule has 9 N–H and O–H groups in total. The molecule has 0 aliphatic carbocycles. The second-order valence-electron chi connectivity index (χ2n) is 17.1. The van der Waals surface area contributed by atoms with E-state index in [2.05, 4.69) is 41.4 Å². The monoisotopic (exact) mass is 1020 g/mol. The van der Waals surface area contributed by atoms with Crippen LogP contribution in [0.1, 0.15) is 57.4 Å². The number of aromatic nitrogens is 4. The number of ether oxygens (including phenoxy) is 3. The average molecular weight is 1020 g/mol. The number of rotatable bonds is 17. The molecule has 5 atom stereocenters. The molecular formula is C40H51N10O16P2S+. The molecule has 6 heterocycles. The highest BCUT2D eigenvalue weighted by Crippen LogP contribution is 2.58. The Morgan fingerprint density at radius 1 is 1.07 bits per heavy atom. The number of phosphoric acid groups is 2. The fourth-order valence-electron chi connectivity index (χ4n) is 8.88. The molecule has 2 aromatic heterocycles. The molecule has 0 bridgehead atoms. The van der Waals surface area contributed by atoms with E-state index < -0.39 is 74.3 Å². The molecule has 4 aliphatic rings. The number of nitrogens with zero attached hydrogens (tertiary/aromatic N) is 7. The highest BCUT2D eigenvalue weighted by molar-refractivity contribution is 7.86. The van der Waals surface area contributed by atoms with E-state index in [-0.39, 0.29) is 42.4 Å². The quantitative estimate of drug-likeness (QED) is 0.0278. The lowest BCUT2D eigenvalue weighted by molar-refractivity contribution is -0.121. The summed E-state index contributed by atoms with van der Waals surface area (Å²) in [4.78, 5) is 72.9. The number of phosphoric ester groups is 1. The molecule has 0 saturated carbocycles. The van der Waals surface area contributed by atoms with Crippen LogP contribution in [0, 0.1) is 0 Å². The largest absolute Gasteiger partial charge is 0.481 e. The van der Waals surface area contributed by atoms with Crippen molar-refractivity contribution in [1.29, 1.82) is 0 Å². The fourth-order valence-corrected chi connectivity index (χ4v) is 11.1. The van der Waals surface area contributed by atoms with Crippen LogP contribution in [-0.2, 0) is 48.8 Å². The first-order valence-corrected chi connectivity index (χ1v) is 26.3. The van der Waals surface area contributed by atoms with Gasteiger partial charge in [0.2, 0.25) is 11.3 Å². The van der Waals surface area contributed by atoms with Gasteiger partial charge in [-0.1, -0.05) is 6.08 Å². The zero-order valence-corrected chi connectivity index (χ0v) is 40.0. The van der Waals surface area contributed by atoms with Gasteiger partial charge in [0.25, 0.3) is 10.1 Å². The summed E-state index contributed by atoms with van der Waals surface area (Å²) in [6.07, 6.45) is -0.957. The summed E-state index contributed by atoms with van der Waals surface area (Å²) in [7, 11) is -15.3. The number of hydrogen-bond acceptors (Lipinski definition) is 18.